The maximum absolute atomic E-state index is 12.1. The van der Waals surface area contributed by atoms with Gasteiger partial charge in [0.05, 0.1) is 23.8 Å². The van der Waals surface area contributed by atoms with Crippen molar-refractivity contribution in [1.29, 1.82) is 0 Å². The number of nitrogens with zero attached hydrogens (tertiary/aromatic N) is 4. The molecule has 0 aliphatic heterocycles. The van der Waals surface area contributed by atoms with Crippen LogP contribution in [0.15, 0.2) is 29.5 Å². The monoisotopic (exact) mass is 257 g/mol. The fraction of sp³-hybridized carbons (Fsp3) is 0.308. The van der Waals surface area contributed by atoms with Crippen LogP contribution in [-0.4, -0.2) is 24.4 Å². The molecule has 0 bridgehead atoms. The Morgan fingerprint density at radius 1 is 1.37 bits per heavy atom. The summed E-state index contributed by atoms with van der Waals surface area (Å²) in [6.07, 6.45) is 7.29. The van der Waals surface area contributed by atoms with E-state index in [0.29, 0.717) is 5.52 Å². The van der Waals surface area contributed by atoms with Gasteiger partial charge in [-0.15, -0.1) is 0 Å². The Kier molecular flexibility index (Phi) is 2.70. The van der Waals surface area contributed by atoms with Gasteiger partial charge in [-0.1, -0.05) is 13.3 Å². The smallest absolute Gasteiger partial charge is 0.274 e. The van der Waals surface area contributed by atoms with Gasteiger partial charge in [0.25, 0.3) is 5.56 Å². The van der Waals surface area contributed by atoms with Gasteiger partial charge in [0.1, 0.15) is 5.52 Å². The molecule has 0 aliphatic carbocycles. The van der Waals surface area contributed by atoms with Crippen LogP contribution in [0.2, 0.25) is 0 Å². The Morgan fingerprint density at radius 3 is 2.89 bits per heavy atom. The summed E-state index contributed by atoms with van der Waals surface area (Å²) in [5, 5.41) is 8.53. The van der Waals surface area contributed by atoms with Gasteiger partial charge in [0.2, 0.25) is 0 Å². The average Bonchev–Trinajstić information content (AvgIpc) is 2.96. The minimum absolute atomic E-state index is 0.129. The molecule has 0 fully saturated rings. The highest BCUT2D eigenvalue weighted by molar-refractivity contribution is 5.58. The molecule has 0 aliphatic rings. The van der Waals surface area contributed by atoms with Crippen LogP contribution in [0.25, 0.3) is 16.8 Å². The Hall–Kier alpha value is -2.37. The van der Waals surface area contributed by atoms with Crippen molar-refractivity contribution >= 4 is 5.52 Å². The van der Waals surface area contributed by atoms with Crippen molar-refractivity contribution in [3.05, 3.63) is 40.7 Å². The lowest BCUT2D eigenvalue weighted by Gasteiger charge is -1.98. The van der Waals surface area contributed by atoms with Gasteiger partial charge in [-0.2, -0.15) is 10.2 Å². The summed E-state index contributed by atoms with van der Waals surface area (Å²) in [5.41, 5.74) is 2.98. The molecule has 6 nitrogen and oxygen atoms in total. The second-order valence-corrected chi connectivity index (χ2v) is 4.62. The Labute approximate surface area is 109 Å². The lowest BCUT2D eigenvalue weighted by atomic mass is 10.2. The topological polar surface area (TPSA) is 68.0 Å². The highest BCUT2D eigenvalue weighted by Crippen LogP contribution is 2.14. The SMILES string of the molecule is CCCc1cc2c(=O)[nH]c(-c3cnn(C)c3)cn2n1. The highest BCUT2D eigenvalue weighted by Gasteiger charge is 2.08. The summed E-state index contributed by atoms with van der Waals surface area (Å²) in [6.45, 7) is 2.09. The van der Waals surface area contributed by atoms with E-state index in [4.69, 9.17) is 0 Å². The Balaban J connectivity index is 2.15. The number of fused-ring (bicyclic) bond motifs is 1. The van der Waals surface area contributed by atoms with Crippen molar-refractivity contribution in [2.24, 2.45) is 7.05 Å². The first-order chi connectivity index (χ1) is 9.17. The van der Waals surface area contributed by atoms with Crippen LogP contribution in [0.1, 0.15) is 19.0 Å². The molecule has 98 valence electrons. The zero-order valence-corrected chi connectivity index (χ0v) is 10.9. The van der Waals surface area contributed by atoms with Crippen LogP contribution in [-0.2, 0) is 13.5 Å². The summed E-state index contributed by atoms with van der Waals surface area (Å²) >= 11 is 0. The molecule has 3 aromatic rings. The Morgan fingerprint density at radius 2 is 2.21 bits per heavy atom. The molecule has 19 heavy (non-hydrogen) atoms. The lowest BCUT2D eigenvalue weighted by molar-refractivity contribution is 0.768. The summed E-state index contributed by atoms with van der Waals surface area (Å²) in [7, 11) is 1.84. The molecule has 6 heteroatoms. The van der Waals surface area contributed by atoms with Gasteiger partial charge in [0, 0.05) is 18.8 Å². The number of rotatable bonds is 3. The number of hydrogen-bond donors (Lipinski definition) is 1. The molecule has 1 N–H and O–H groups in total. The summed E-state index contributed by atoms with van der Waals surface area (Å²) in [6, 6.07) is 1.84. The number of aromatic nitrogens is 5. The quantitative estimate of drug-likeness (QED) is 0.770. The molecule has 3 aromatic heterocycles. The molecule has 0 aromatic carbocycles. The maximum Gasteiger partial charge on any atom is 0.274 e. The molecule has 0 saturated heterocycles. The normalized spacial score (nSPS) is 11.3. The third-order valence-electron chi connectivity index (χ3n) is 3.04. The molecule has 3 heterocycles. The molecule has 0 radical (unpaired) electrons. The largest absolute Gasteiger partial charge is 0.319 e. The van der Waals surface area contributed by atoms with E-state index in [-0.39, 0.29) is 5.56 Å². The van der Waals surface area contributed by atoms with E-state index in [1.165, 1.54) is 0 Å². The number of nitrogens with one attached hydrogen (secondary N) is 1. The maximum atomic E-state index is 12.1. The van der Waals surface area contributed by atoms with E-state index >= 15 is 0 Å². The van der Waals surface area contributed by atoms with E-state index in [1.807, 2.05) is 25.5 Å². The van der Waals surface area contributed by atoms with Crippen LogP contribution in [0.4, 0.5) is 0 Å². The average molecular weight is 257 g/mol. The second-order valence-electron chi connectivity index (χ2n) is 4.62. The fourth-order valence-corrected chi connectivity index (χ4v) is 2.14. The van der Waals surface area contributed by atoms with Crippen molar-refractivity contribution in [3.8, 4) is 11.3 Å². The summed E-state index contributed by atoms with van der Waals surface area (Å²) < 4.78 is 3.34. The van der Waals surface area contributed by atoms with Gasteiger partial charge in [-0.05, 0) is 12.5 Å². The van der Waals surface area contributed by atoms with Crippen LogP contribution in [0, 0.1) is 0 Å². The molecule has 0 spiro atoms. The number of aromatic amines is 1. The van der Waals surface area contributed by atoms with Gasteiger partial charge in [-0.3, -0.25) is 9.48 Å². The summed E-state index contributed by atoms with van der Waals surface area (Å²) in [5.74, 6) is 0. The molecule has 3 rings (SSSR count). The van der Waals surface area contributed by atoms with Gasteiger partial charge in [-0.25, -0.2) is 4.52 Å². The third kappa shape index (κ3) is 2.05. The zero-order valence-electron chi connectivity index (χ0n) is 10.9. The van der Waals surface area contributed by atoms with Crippen molar-refractivity contribution in [2.75, 3.05) is 0 Å². The molecule has 0 saturated carbocycles. The van der Waals surface area contributed by atoms with E-state index in [1.54, 1.807) is 15.4 Å². The standard InChI is InChI=1S/C13H15N5O/c1-3-4-10-5-12-13(19)15-11(8-18(12)16-10)9-6-14-17(2)7-9/h5-8H,3-4H2,1-2H3,(H,15,19). The Bertz CT molecular complexity index is 780. The van der Waals surface area contributed by atoms with Crippen LogP contribution in [0.3, 0.4) is 0 Å². The number of H-pyrrole nitrogens is 1. The van der Waals surface area contributed by atoms with E-state index < -0.39 is 0 Å². The van der Waals surface area contributed by atoms with Crippen molar-refractivity contribution in [2.45, 2.75) is 19.8 Å². The molecular formula is C13H15N5O. The fourth-order valence-electron chi connectivity index (χ4n) is 2.14. The number of aryl methyl sites for hydroxylation is 2. The van der Waals surface area contributed by atoms with E-state index in [9.17, 15) is 4.79 Å². The summed E-state index contributed by atoms with van der Waals surface area (Å²) in [4.78, 5) is 14.9. The van der Waals surface area contributed by atoms with Crippen molar-refractivity contribution in [3.63, 3.8) is 0 Å². The second kappa shape index (κ2) is 4.38. The highest BCUT2D eigenvalue weighted by atomic mass is 16.1. The molecule has 0 unspecified atom stereocenters. The van der Waals surface area contributed by atoms with Gasteiger partial charge >= 0.3 is 0 Å². The van der Waals surface area contributed by atoms with E-state index in [2.05, 4.69) is 22.1 Å². The predicted molar refractivity (Wildman–Crippen MR) is 72.0 cm³/mol. The van der Waals surface area contributed by atoms with Crippen molar-refractivity contribution in [1.82, 2.24) is 24.4 Å². The first kappa shape index (κ1) is 11.7. The minimum atomic E-state index is -0.129. The van der Waals surface area contributed by atoms with Gasteiger partial charge in [0.15, 0.2) is 0 Å². The lowest BCUT2D eigenvalue weighted by Crippen LogP contribution is -2.10. The molecular weight excluding hydrogens is 242 g/mol. The van der Waals surface area contributed by atoms with Gasteiger partial charge < -0.3 is 4.98 Å². The first-order valence-corrected chi connectivity index (χ1v) is 6.28. The van der Waals surface area contributed by atoms with E-state index in [0.717, 1.165) is 29.8 Å². The molecule has 0 atom stereocenters. The van der Waals surface area contributed by atoms with Crippen LogP contribution >= 0.6 is 0 Å². The predicted octanol–water partition coefficient (Wildman–Crippen LogP) is 1.38. The zero-order chi connectivity index (χ0) is 13.4. The first-order valence-electron chi connectivity index (χ1n) is 6.28. The van der Waals surface area contributed by atoms with Crippen LogP contribution in [0.5, 0.6) is 0 Å². The van der Waals surface area contributed by atoms with Crippen molar-refractivity contribution < 1.29 is 0 Å². The minimum Gasteiger partial charge on any atom is -0.319 e. The third-order valence-corrected chi connectivity index (χ3v) is 3.04. The van der Waals surface area contributed by atoms with Crippen LogP contribution < -0.4 is 5.56 Å². The molecule has 0 amide bonds. The number of hydrogen-bond acceptors (Lipinski definition) is 3.